The minimum atomic E-state index is 0.565. The van der Waals surface area contributed by atoms with Crippen molar-refractivity contribution in [3.8, 4) is 40.3 Å². The first-order chi connectivity index (χ1) is 27.2. The van der Waals surface area contributed by atoms with Crippen molar-refractivity contribution < 1.29 is 0 Å². The van der Waals surface area contributed by atoms with Crippen LogP contribution in [0, 0.1) is 22.7 Å². The predicted octanol–water partition coefficient (Wildman–Crippen LogP) is 12.4. The summed E-state index contributed by atoms with van der Waals surface area (Å²) in [5.74, 6) is 0. The molecule has 0 N–H and O–H groups in total. The van der Waals surface area contributed by atoms with Crippen LogP contribution >= 0.6 is 0 Å². The van der Waals surface area contributed by atoms with Gasteiger partial charge in [0.05, 0.1) is 56.4 Å². The van der Waals surface area contributed by atoms with Gasteiger partial charge in [-0.3, -0.25) is 0 Å². The number of nitrogens with zero attached hydrogens (tertiary/aromatic N) is 5. The topological polar surface area (TPSA) is 62.4 Å². The first kappa shape index (κ1) is 30.7. The molecule has 8 aromatic carbocycles. The quantitative estimate of drug-likeness (QED) is 0.184. The fourth-order valence-electron chi connectivity index (χ4n) is 8.69. The second-order valence-electron chi connectivity index (χ2n) is 14.1. The molecule has 0 unspecified atom stereocenters. The average molecular weight is 700 g/mol. The average Bonchev–Trinajstić information content (AvgIpc) is 3.88. The number of benzene rings is 8. The first-order valence-electron chi connectivity index (χ1n) is 18.3. The van der Waals surface area contributed by atoms with Crippen molar-refractivity contribution in [1.29, 1.82) is 10.5 Å². The van der Waals surface area contributed by atoms with Crippen molar-refractivity contribution in [2.45, 2.75) is 0 Å². The normalized spacial score (nSPS) is 11.6. The van der Waals surface area contributed by atoms with Gasteiger partial charge >= 0.3 is 0 Å². The van der Waals surface area contributed by atoms with Gasteiger partial charge in [-0.15, -0.1) is 0 Å². The lowest BCUT2D eigenvalue weighted by Gasteiger charge is -2.14. The monoisotopic (exact) mass is 699 g/mol. The molecule has 0 saturated heterocycles. The van der Waals surface area contributed by atoms with Gasteiger partial charge in [0.15, 0.2) is 0 Å². The maximum atomic E-state index is 10.3. The fourth-order valence-corrected chi connectivity index (χ4v) is 8.69. The number of hydrogen-bond acceptors (Lipinski definition) is 2. The Kier molecular flexibility index (Phi) is 6.61. The van der Waals surface area contributed by atoms with E-state index in [0.717, 1.165) is 61.0 Å². The van der Waals surface area contributed by atoms with Gasteiger partial charge in [0, 0.05) is 49.4 Å². The second-order valence-corrected chi connectivity index (χ2v) is 14.1. The van der Waals surface area contributed by atoms with Gasteiger partial charge in [-0.25, -0.2) is 0 Å². The van der Waals surface area contributed by atoms with Gasteiger partial charge in [-0.05, 0) is 96.1 Å². The Balaban J connectivity index is 1.09. The number of hydrogen-bond donors (Lipinski definition) is 0. The molecule has 11 rings (SSSR count). The molecule has 0 amide bonds. The largest absolute Gasteiger partial charge is 0.309 e. The molecular weight excluding hydrogens is 671 g/mol. The van der Waals surface area contributed by atoms with Crippen LogP contribution in [0.4, 0.5) is 0 Å². The van der Waals surface area contributed by atoms with Crippen LogP contribution in [-0.2, 0) is 0 Å². The molecule has 55 heavy (non-hydrogen) atoms. The lowest BCUT2D eigenvalue weighted by molar-refractivity contribution is 1.16. The van der Waals surface area contributed by atoms with E-state index in [1.807, 2.05) is 42.5 Å². The van der Waals surface area contributed by atoms with E-state index in [0.29, 0.717) is 11.1 Å². The zero-order valence-corrected chi connectivity index (χ0v) is 29.5. The molecule has 0 fully saturated rings. The molecule has 11 aromatic rings. The third-order valence-corrected chi connectivity index (χ3v) is 11.0. The smallest absolute Gasteiger partial charge is 0.0992 e. The zero-order valence-electron chi connectivity index (χ0n) is 29.5. The van der Waals surface area contributed by atoms with E-state index in [4.69, 9.17) is 0 Å². The van der Waals surface area contributed by atoms with E-state index in [-0.39, 0.29) is 0 Å². The Hall–Kier alpha value is -7.86. The Morgan fingerprint density at radius 2 is 0.782 bits per heavy atom. The highest BCUT2D eigenvalue weighted by Crippen LogP contribution is 2.39. The molecule has 3 aromatic heterocycles. The van der Waals surface area contributed by atoms with Gasteiger partial charge in [0.2, 0.25) is 0 Å². The minimum Gasteiger partial charge on any atom is -0.309 e. The Morgan fingerprint density at radius 1 is 0.291 bits per heavy atom. The summed E-state index contributed by atoms with van der Waals surface area (Å²) < 4.78 is 6.88. The van der Waals surface area contributed by atoms with E-state index in [1.54, 1.807) is 0 Å². The van der Waals surface area contributed by atoms with Crippen LogP contribution in [0.15, 0.2) is 176 Å². The molecule has 3 heterocycles. The molecule has 0 radical (unpaired) electrons. The Morgan fingerprint density at radius 3 is 1.38 bits per heavy atom. The minimum absolute atomic E-state index is 0.565. The van der Waals surface area contributed by atoms with Crippen molar-refractivity contribution in [3.63, 3.8) is 0 Å². The number of aromatic nitrogens is 3. The van der Waals surface area contributed by atoms with Crippen LogP contribution in [0.25, 0.3) is 93.6 Å². The standard InChI is InChI=1S/C50H29N5/c51-30-32-20-22-43-41-14-3-7-18-47(41)55(50(43)26-32)38-25-33(31-52)24-35(28-38)34-10-9-11-36(27-34)53-48-19-8-4-15-42(48)44-29-37(21-23-49(44)53)54-45-16-5-1-12-39(45)40-13-2-6-17-46(40)54/h1-29H. The van der Waals surface area contributed by atoms with Crippen molar-refractivity contribution in [1.82, 2.24) is 13.7 Å². The molecule has 0 aliphatic heterocycles. The van der Waals surface area contributed by atoms with E-state index in [1.165, 1.54) is 32.6 Å². The summed E-state index contributed by atoms with van der Waals surface area (Å²) in [6.07, 6.45) is 0. The lowest BCUT2D eigenvalue weighted by atomic mass is 10.0. The van der Waals surface area contributed by atoms with Crippen LogP contribution in [0.1, 0.15) is 11.1 Å². The molecule has 0 aliphatic rings. The van der Waals surface area contributed by atoms with Crippen molar-refractivity contribution in [3.05, 3.63) is 187 Å². The molecule has 0 bridgehead atoms. The highest BCUT2D eigenvalue weighted by molar-refractivity contribution is 6.13. The summed E-state index contributed by atoms with van der Waals surface area (Å²) in [6, 6.07) is 66.0. The Labute approximate surface area is 316 Å². The van der Waals surface area contributed by atoms with Crippen LogP contribution in [-0.4, -0.2) is 13.7 Å². The number of nitriles is 2. The van der Waals surface area contributed by atoms with Crippen LogP contribution in [0.3, 0.4) is 0 Å². The maximum absolute atomic E-state index is 10.3. The molecule has 5 heteroatoms. The van der Waals surface area contributed by atoms with Gasteiger partial charge in [-0.1, -0.05) is 91.0 Å². The number of rotatable bonds is 4. The summed E-state index contributed by atoms with van der Waals surface area (Å²) in [6.45, 7) is 0. The highest BCUT2D eigenvalue weighted by atomic mass is 15.0. The van der Waals surface area contributed by atoms with Gasteiger partial charge in [0.1, 0.15) is 0 Å². The van der Waals surface area contributed by atoms with Crippen molar-refractivity contribution in [2.24, 2.45) is 0 Å². The summed E-state index contributed by atoms with van der Waals surface area (Å²) in [7, 11) is 0. The van der Waals surface area contributed by atoms with Gasteiger partial charge in [0.25, 0.3) is 0 Å². The molecule has 254 valence electrons. The van der Waals surface area contributed by atoms with Crippen LogP contribution in [0.5, 0.6) is 0 Å². The highest BCUT2D eigenvalue weighted by Gasteiger charge is 2.18. The van der Waals surface area contributed by atoms with Crippen LogP contribution in [0.2, 0.25) is 0 Å². The zero-order chi connectivity index (χ0) is 36.6. The van der Waals surface area contributed by atoms with E-state index in [9.17, 15) is 10.5 Å². The third-order valence-electron chi connectivity index (χ3n) is 11.0. The van der Waals surface area contributed by atoms with Crippen molar-refractivity contribution in [2.75, 3.05) is 0 Å². The summed E-state index contributed by atoms with van der Waals surface area (Å²) >= 11 is 0. The molecule has 0 spiro atoms. The van der Waals surface area contributed by atoms with Crippen LogP contribution < -0.4 is 0 Å². The van der Waals surface area contributed by atoms with Gasteiger partial charge in [-0.2, -0.15) is 10.5 Å². The lowest BCUT2D eigenvalue weighted by Crippen LogP contribution is -1.97. The molecule has 0 saturated carbocycles. The Bertz CT molecular complexity index is 3420. The molecular formula is C50H29N5. The fraction of sp³-hybridized carbons (Fsp3) is 0. The molecule has 0 aliphatic carbocycles. The summed E-state index contributed by atoms with van der Waals surface area (Å²) in [5.41, 5.74) is 12.7. The number of para-hydroxylation sites is 4. The number of fused-ring (bicyclic) bond motifs is 9. The summed E-state index contributed by atoms with van der Waals surface area (Å²) in [4.78, 5) is 0. The van der Waals surface area contributed by atoms with Crippen molar-refractivity contribution >= 4 is 65.4 Å². The summed E-state index contributed by atoms with van der Waals surface area (Å²) in [5, 5.41) is 27.1. The predicted molar refractivity (Wildman–Crippen MR) is 224 cm³/mol. The van der Waals surface area contributed by atoms with E-state index < -0.39 is 0 Å². The molecule has 0 atom stereocenters. The SMILES string of the molecule is N#Cc1cc(-c2cccc(-n3c4ccccc4c4cc(-n5c6ccccc6c6ccccc65)ccc43)c2)cc(-n2c3ccccc3c3ccc(C#N)cc32)c1. The molecule has 5 nitrogen and oxygen atoms in total. The first-order valence-corrected chi connectivity index (χ1v) is 18.3. The van der Waals surface area contributed by atoms with Gasteiger partial charge < -0.3 is 13.7 Å². The maximum Gasteiger partial charge on any atom is 0.0992 e. The van der Waals surface area contributed by atoms with E-state index >= 15 is 0 Å². The van der Waals surface area contributed by atoms with E-state index in [2.05, 4.69) is 159 Å². The third kappa shape index (κ3) is 4.58. The second kappa shape index (κ2) is 11.8.